The molecule has 0 spiro atoms. The molecule has 0 aromatic rings. The maximum absolute atomic E-state index is 11.9. The van der Waals surface area contributed by atoms with Crippen molar-refractivity contribution in [2.75, 3.05) is 33.7 Å². The summed E-state index contributed by atoms with van der Waals surface area (Å²) in [5, 5.41) is 6.43. The zero-order chi connectivity index (χ0) is 18.6. The molecule has 2 atom stereocenters. The largest absolute Gasteiger partial charge is 0.444 e. The number of hydrogen-bond acceptors (Lipinski definition) is 4. The number of likely N-dealkylation sites (tertiary alicyclic amines) is 1. The lowest BCUT2D eigenvalue weighted by Gasteiger charge is -2.28. The molecule has 152 valence electrons. The Morgan fingerprint density at radius 1 is 1.35 bits per heavy atom. The van der Waals surface area contributed by atoms with Crippen LogP contribution in [-0.4, -0.2) is 79.3 Å². The van der Waals surface area contributed by atoms with Crippen molar-refractivity contribution in [3.8, 4) is 0 Å². The van der Waals surface area contributed by atoms with E-state index in [1.54, 1.807) is 0 Å². The van der Waals surface area contributed by atoms with E-state index in [4.69, 9.17) is 4.74 Å². The van der Waals surface area contributed by atoms with Crippen LogP contribution < -0.4 is 10.6 Å². The molecular formula is C18H36IN5O2. The fraction of sp³-hybridized carbons (Fsp3) is 0.889. The summed E-state index contributed by atoms with van der Waals surface area (Å²) >= 11 is 0. The Morgan fingerprint density at radius 3 is 2.54 bits per heavy atom. The number of carbonyl (C=O) groups excluding carboxylic acids is 1. The first-order chi connectivity index (χ1) is 11.7. The average molecular weight is 481 g/mol. The highest BCUT2D eigenvalue weighted by Crippen LogP contribution is 2.26. The van der Waals surface area contributed by atoms with Crippen LogP contribution in [0.15, 0.2) is 4.99 Å². The van der Waals surface area contributed by atoms with Crippen LogP contribution in [0.5, 0.6) is 0 Å². The molecule has 1 aliphatic heterocycles. The summed E-state index contributed by atoms with van der Waals surface area (Å²) in [5.74, 6) is 0.907. The Morgan fingerprint density at radius 2 is 2.00 bits per heavy atom. The summed E-state index contributed by atoms with van der Waals surface area (Å²) < 4.78 is 5.34. The second kappa shape index (κ2) is 9.96. The van der Waals surface area contributed by atoms with Crippen LogP contribution in [0.25, 0.3) is 0 Å². The van der Waals surface area contributed by atoms with E-state index in [1.807, 2.05) is 27.8 Å². The molecule has 1 amide bonds. The Labute approximate surface area is 175 Å². The monoisotopic (exact) mass is 481 g/mol. The summed E-state index contributed by atoms with van der Waals surface area (Å²) in [5.41, 5.74) is -0.469. The molecule has 26 heavy (non-hydrogen) atoms. The summed E-state index contributed by atoms with van der Waals surface area (Å²) in [7, 11) is 4.01. The zero-order valence-corrected chi connectivity index (χ0v) is 19.4. The average Bonchev–Trinajstić information content (AvgIpc) is 3.26. The molecule has 2 unspecified atom stereocenters. The van der Waals surface area contributed by atoms with Gasteiger partial charge in [0, 0.05) is 38.8 Å². The SMILES string of the molecule is CN=C(NCC(C)N(C)C1CC1)N1CCC(NC(=O)OC(C)(C)C)C1.I. The number of nitrogens with zero attached hydrogens (tertiary/aromatic N) is 3. The number of rotatable bonds is 5. The van der Waals surface area contributed by atoms with Crippen molar-refractivity contribution in [3.63, 3.8) is 0 Å². The van der Waals surface area contributed by atoms with Crippen molar-refractivity contribution in [2.45, 2.75) is 70.7 Å². The fourth-order valence-electron chi connectivity index (χ4n) is 3.10. The number of aliphatic imine (C=N–C) groups is 1. The smallest absolute Gasteiger partial charge is 0.407 e. The maximum Gasteiger partial charge on any atom is 0.407 e. The molecule has 0 aromatic carbocycles. The Hall–Kier alpha value is -0.770. The Kier molecular flexibility index (Phi) is 8.92. The molecule has 1 saturated carbocycles. The van der Waals surface area contributed by atoms with Crippen molar-refractivity contribution < 1.29 is 9.53 Å². The third-order valence-electron chi connectivity index (χ3n) is 4.79. The quantitative estimate of drug-likeness (QED) is 0.358. The van der Waals surface area contributed by atoms with E-state index >= 15 is 0 Å². The molecule has 7 nitrogen and oxygen atoms in total. The molecule has 2 aliphatic rings. The summed E-state index contributed by atoms with van der Waals surface area (Å²) in [4.78, 5) is 21.0. The van der Waals surface area contributed by atoms with E-state index in [0.717, 1.165) is 38.1 Å². The topological polar surface area (TPSA) is 69.2 Å². The van der Waals surface area contributed by atoms with Gasteiger partial charge in [0.1, 0.15) is 5.60 Å². The lowest BCUT2D eigenvalue weighted by atomic mass is 10.2. The van der Waals surface area contributed by atoms with Gasteiger partial charge < -0.3 is 20.3 Å². The first-order valence-corrected chi connectivity index (χ1v) is 9.36. The van der Waals surface area contributed by atoms with Crippen LogP contribution >= 0.6 is 24.0 Å². The van der Waals surface area contributed by atoms with Gasteiger partial charge in [0.25, 0.3) is 0 Å². The summed E-state index contributed by atoms with van der Waals surface area (Å²) in [6.07, 6.45) is 3.19. The summed E-state index contributed by atoms with van der Waals surface area (Å²) in [6, 6.07) is 1.33. The van der Waals surface area contributed by atoms with Gasteiger partial charge >= 0.3 is 6.09 Å². The molecule has 1 heterocycles. The number of likely N-dealkylation sites (N-methyl/N-ethyl adjacent to an activating group) is 1. The van der Waals surface area contributed by atoms with Gasteiger partial charge in [-0.3, -0.25) is 9.89 Å². The number of alkyl carbamates (subject to hydrolysis) is 1. The highest BCUT2D eigenvalue weighted by atomic mass is 127. The van der Waals surface area contributed by atoms with Crippen LogP contribution in [0.4, 0.5) is 4.79 Å². The molecule has 0 radical (unpaired) electrons. The van der Waals surface area contributed by atoms with Gasteiger partial charge in [0.15, 0.2) is 5.96 Å². The highest BCUT2D eigenvalue weighted by Gasteiger charge is 2.30. The van der Waals surface area contributed by atoms with Crippen LogP contribution in [0.1, 0.15) is 47.0 Å². The van der Waals surface area contributed by atoms with Gasteiger partial charge in [-0.2, -0.15) is 0 Å². The minimum absolute atomic E-state index is 0. The molecule has 1 saturated heterocycles. The molecule has 2 fully saturated rings. The van der Waals surface area contributed by atoms with E-state index in [-0.39, 0.29) is 36.1 Å². The predicted octanol–water partition coefficient (Wildman–Crippen LogP) is 2.26. The second-order valence-electron chi connectivity index (χ2n) is 8.25. The number of nitrogens with one attached hydrogen (secondary N) is 2. The van der Waals surface area contributed by atoms with Gasteiger partial charge in [-0.15, -0.1) is 24.0 Å². The van der Waals surface area contributed by atoms with Gasteiger partial charge in [0.05, 0.1) is 6.04 Å². The minimum atomic E-state index is -0.469. The van der Waals surface area contributed by atoms with Crippen molar-refractivity contribution in [2.24, 2.45) is 4.99 Å². The van der Waals surface area contributed by atoms with Gasteiger partial charge in [-0.05, 0) is 54.0 Å². The van der Waals surface area contributed by atoms with Gasteiger partial charge in [-0.25, -0.2) is 4.79 Å². The van der Waals surface area contributed by atoms with E-state index in [9.17, 15) is 4.79 Å². The Bertz CT molecular complexity index is 490. The van der Waals surface area contributed by atoms with Gasteiger partial charge in [0.2, 0.25) is 0 Å². The number of carbonyl (C=O) groups is 1. The predicted molar refractivity (Wildman–Crippen MR) is 116 cm³/mol. The van der Waals surface area contributed by atoms with Gasteiger partial charge in [-0.1, -0.05) is 0 Å². The molecule has 8 heteroatoms. The van der Waals surface area contributed by atoms with Crippen LogP contribution in [0.2, 0.25) is 0 Å². The maximum atomic E-state index is 11.9. The first-order valence-electron chi connectivity index (χ1n) is 9.36. The van der Waals surface area contributed by atoms with Crippen LogP contribution in [0, 0.1) is 0 Å². The minimum Gasteiger partial charge on any atom is -0.444 e. The molecule has 2 rings (SSSR count). The zero-order valence-electron chi connectivity index (χ0n) is 17.0. The fourth-order valence-corrected chi connectivity index (χ4v) is 3.10. The van der Waals surface area contributed by atoms with Crippen molar-refractivity contribution in [3.05, 3.63) is 0 Å². The number of amides is 1. The lowest BCUT2D eigenvalue weighted by Crippen LogP contribution is -2.47. The molecule has 0 bridgehead atoms. The van der Waals surface area contributed by atoms with Crippen molar-refractivity contribution in [1.29, 1.82) is 0 Å². The number of ether oxygens (including phenoxy) is 1. The van der Waals surface area contributed by atoms with E-state index in [1.165, 1.54) is 12.8 Å². The standard InChI is InChI=1S/C18H35N5O2.HI/c1-13(22(6)15-7-8-15)11-20-16(19-5)23-10-9-14(12-23)21-17(24)25-18(2,3)4;/h13-15H,7-12H2,1-6H3,(H,19,20)(H,21,24);1H. The van der Waals surface area contributed by atoms with E-state index in [0.29, 0.717) is 6.04 Å². The first kappa shape index (κ1) is 23.3. The highest BCUT2D eigenvalue weighted by molar-refractivity contribution is 14.0. The number of hydrogen-bond donors (Lipinski definition) is 2. The van der Waals surface area contributed by atoms with E-state index in [2.05, 4.69) is 39.4 Å². The lowest BCUT2D eigenvalue weighted by molar-refractivity contribution is 0.0507. The number of guanidine groups is 1. The third-order valence-corrected chi connectivity index (χ3v) is 4.79. The van der Waals surface area contributed by atoms with Crippen LogP contribution in [-0.2, 0) is 4.74 Å². The summed E-state index contributed by atoms with van der Waals surface area (Å²) in [6.45, 7) is 10.4. The molecule has 0 aromatic heterocycles. The normalized spacial score (nSPS) is 22.0. The Balaban J connectivity index is 0.00000338. The van der Waals surface area contributed by atoms with E-state index < -0.39 is 5.60 Å². The van der Waals surface area contributed by atoms with Crippen molar-refractivity contribution in [1.82, 2.24) is 20.4 Å². The number of halogens is 1. The second-order valence-corrected chi connectivity index (χ2v) is 8.25. The van der Waals surface area contributed by atoms with Crippen LogP contribution in [0.3, 0.4) is 0 Å². The molecule has 1 aliphatic carbocycles. The van der Waals surface area contributed by atoms with Crippen molar-refractivity contribution >= 4 is 36.0 Å². The third kappa shape index (κ3) is 7.46. The molecular weight excluding hydrogens is 445 g/mol. The molecule has 2 N–H and O–H groups in total.